The number of hydrogen-bond donors (Lipinski definition) is 1. The predicted octanol–water partition coefficient (Wildman–Crippen LogP) is 4.13. The van der Waals surface area contributed by atoms with Crippen molar-refractivity contribution < 1.29 is 22.4 Å². The molecular formula is C24H23FN2O4S2. The molecule has 0 spiro atoms. The topological polar surface area (TPSA) is 83.6 Å². The van der Waals surface area contributed by atoms with Crippen LogP contribution < -0.4 is 9.62 Å². The molecule has 1 N–H and O–H groups in total. The fourth-order valence-electron chi connectivity index (χ4n) is 3.74. The van der Waals surface area contributed by atoms with Crippen LogP contribution in [0, 0.1) is 6.92 Å². The first-order chi connectivity index (χ1) is 15.6. The zero-order chi connectivity index (χ0) is 23.8. The van der Waals surface area contributed by atoms with E-state index in [4.69, 9.17) is 0 Å². The first-order valence-corrected chi connectivity index (χ1v) is 12.9. The Hall–Kier alpha value is -2.91. The number of carbonyl (C=O) groups excluding carboxylic acids is 2. The van der Waals surface area contributed by atoms with Crippen LogP contribution in [0.5, 0.6) is 0 Å². The van der Waals surface area contributed by atoms with E-state index in [2.05, 4.69) is 4.72 Å². The first kappa shape index (κ1) is 23.3. The lowest BCUT2D eigenvalue weighted by Gasteiger charge is -2.29. The van der Waals surface area contributed by atoms with Gasteiger partial charge in [0, 0.05) is 17.7 Å². The van der Waals surface area contributed by atoms with Crippen LogP contribution in [0.25, 0.3) is 0 Å². The van der Waals surface area contributed by atoms with E-state index in [1.54, 1.807) is 48.2 Å². The molecule has 2 aliphatic rings. The van der Waals surface area contributed by atoms with Crippen molar-refractivity contribution in [2.45, 2.75) is 36.2 Å². The lowest BCUT2D eigenvalue weighted by Crippen LogP contribution is -2.35. The Morgan fingerprint density at radius 3 is 2.58 bits per heavy atom. The van der Waals surface area contributed by atoms with E-state index >= 15 is 0 Å². The third kappa shape index (κ3) is 4.89. The van der Waals surface area contributed by atoms with Gasteiger partial charge in [-0.05, 0) is 61.4 Å². The number of hydrogen-bond acceptors (Lipinski definition) is 5. The maximum atomic E-state index is 14.1. The van der Waals surface area contributed by atoms with E-state index in [9.17, 15) is 22.4 Å². The van der Waals surface area contributed by atoms with Crippen molar-refractivity contribution in [2.75, 3.05) is 10.7 Å². The Kier molecular flexibility index (Phi) is 6.20. The quantitative estimate of drug-likeness (QED) is 0.687. The minimum Gasteiger partial charge on any atom is -0.295 e. The predicted molar refractivity (Wildman–Crippen MR) is 127 cm³/mol. The van der Waals surface area contributed by atoms with Crippen LogP contribution in [0.1, 0.15) is 29.3 Å². The van der Waals surface area contributed by atoms with E-state index in [0.717, 1.165) is 5.57 Å². The molecule has 172 valence electrons. The number of alkyl halides is 1. The molecule has 1 saturated heterocycles. The number of amides is 2. The average Bonchev–Trinajstić information content (AvgIpc) is 3.15. The highest BCUT2D eigenvalue weighted by Gasteiger charge is 2.37. The normalized spacial score (nSPS) is 22.9. The number of nitrogens with zero attached hydrogens (tertiary/aromatic N) is 1. The molecule has 1 aliphatic heterocycles. The van der Waals surface area contributed by atoms with Crippen molar-refractivity contribution in [3.05, 3.63) is 83.5 Å². The molecule has 4 rings (SSSR count). The van der Waals surface area contributed by atoms with Gasteiger partial charge in [-0.2, -0.15) is 0 Å². The second kappa shape index (κ2) is 8.79. The van der Waals surface area contributed by atoms with E-state index < -0.39 is 21.6 Å². The summed E-state index contributed by atoms with van der Waals surface area (Å²) in [6.07, 6.45) is 5.29. The Morgan fingerprint density at radius 2 is 1.94 bits per heavy atom. The molecule has 2 aromatic carbocycles. The third-order valence-electron chi connectivity index (χ3n) is 5.51. The van der Waals surface area contributed by atoms with Crippen molar-refractivity contribution >= 4 is 39.3 Å². The second-order valence-corrected chi connectivity index (χ2v) is 10.9. The number of allylic oxidation sites excluding steroid dienone is 2. The summed E-state index contributed by atoms with van der Waals surface area (Å²) in [6, 6.07) is 12.3. The summed E-state index contributed by atoms with van der Waals surface area (Å²) >= 11 is 1.46. The maximum absolute atomic E-state index is 14.1. The van der Waals surface area contributed by atoms with Crippen LogP contribution in [-0.4, -0.2) is 37.0 Å². The van der Waals surface area contributed by atoms with Gasteiger partial charge in [-0.25, -0.2) is 17.5 Å². The Bertz CT molecular complexity index is 1270. The number of rotatable bonds is 5. The number of nitrogens with one attached hydrogen (secondary N) is 1. The van der Waals surface area contributed by atoms with Gasteiger partial charge >= 0.3 is 0 Å². The van der Waals surface area contributed by atoms with Gasteiger partial charge in [-0.1, -0.05) is 30.4 Å². The summed E-state index contributed by atoms with van der Waals surface area (Å²) < 4.78 is 41.1. The van der Waals surface area contributed by atoms with Crippen LogP contribution in [-0.2, 0) is 14.8 Å². The largest absolute Gasteiger partial charge is 0.295 e. The molecule has 0 saturated carbocycles. The zero-order valence-corrected chi connectivity index (χ0v) is 19.8. The number of anilines is 1. The molecule has 2 amide bonds. The molecule has 2 unspecified atom stereocenters. The van der Waals surface area contributed by atoms with Gasteiger partial charge in [0.15, 0.2) is 0 Å². The molecule has 6 nitrogen and oxygen atoms in total. The Balaban J connectivity index is 1.57. The van der Waals surface area contributed by atoms with Crippen LogP contribution >= 0.6 is 11.8 Å². The minimum absolute atomic E-state index is 0.00703. The van der Waals surface area contributed by atoms with Crippen molar-refractivity contribution in [1.29, 1.82) is 0 Å². The lowest BCUT2D eigenvalue weighted by molar-refractivity contribution is -0.115. The highest BCUT2D eigenvalue weighted by molar-refractivity contribution is 8.01. The van der Waals surface area contributed by atoms with Crippen LogP contribution in [0.3, 0.4) is 0 Å². The second-order valence-electron chi connectivity index (χ2n) is 8.20. The highest BCUT2D eigenvalue weighted by Crippen LogP contribution is 2.39. The number of benzene rings is 2. The summed E-state index contributed by atoms with van der Waals surface area (Å²) in [5.74, 6) is -0.549. The molecule has 33 heavy (non-hydrogen) atoms. The molecule has 2 atom stereocenters. The van der Waals surface area contributed by atoms with Crippen LogP contribution in [0.15, 0.2) is 77.2 Å². The summed E-state index contributed by atoms with van der Waals surface area (Å²) in [6.45, 7) is 3.27. The molecule has 1 aliphatic carbocycles. The number of aryl methyl sites for hydroxylation is 1. The molecule has 0 radical (unpaired) electrons. The van der Waals surface area contributed by atoms with Crippen molar-refractivity contribution in [1.82, 2.24) is 4.72 Å². The monoisotopic (exact) mass is 486 g/mol. The Morgan fingerprint density at radius 1 is 1.21 bits per heavy atom. The minimum atomic E-state index is -4.00. The number of carbonyl (C=O) groups is 2. The summed E-state index contributed by atoms with van der Waals surface area (Å²) in [5, 5.41) is -0.290. The van der Waals surface area contributed by atoms with Gasteiger partial charge in [0.1, 0.15) is 11.0 Å². The third-order valence-corrected chi connectivity index (χ3v) is 8.07. The van der Waals surface area contributed by atoms with Crippen molar-refractivity contribution in [3.8, 4) is 0 Å². The van der Waals surface area contributed by atoms with Gasteiger partial charge in [-0.15, -0.1) is 11.8 Å². The van der Waals surface area contributed by atoms with E-state index in [1.165, 1.54) is 43.0 Å². The first-order valence-electron chi connectivity index (χ1n) is 10.3. The molecular weight excluding hydrogens is 463 g/mol. The fraction of sp³-hybridized carbons (Fsp3) is 0.250. The molecule has 0 bridgehead atoms. The number of thioether (sulfide) groups is 1. The molecule has 9 heteroatoms. The van der Waals surface area contributed by atoms with E-state index in [-0.39, 0.29) is 28.2 Å². The molecule has 1 fully saturated rings. The zero-order valence-electron chi connectivity index (χ0n) is 18.1. The Labute approximate surface area is 196 Å². The van der Waals surface area contributed by atoms with Gasteiger partial charge in [0.25, 0.3) is 15.9 Å². The molecule has 1 heterocycles. The van der Waals surface area contributed by atoms with Crippen molar-refractivity contribution in [2.24, 2.45) is 0 Å². The molecule has 0 aromatic heterocycles. The smallest absolute Gasteiger partial charge is 0.265 e. The summed E-state index contributed by atoms with van der Waals surface area (Å²) in [5.41, 5.74) is 0.900. The standard InChI is InChI=1S/C24H23FN2O4S2/c1-16-14-18(22(29)26-33(30,31)19-6-4-3-5-7-19)8-9-20(16)27-21(28)15-32-23(27)17-10-12-24(2,25)13-11-17/h3-12,14,23H,13,15H2,1-2H3,(H,26,29). The van der Waals surface area contributed by atoms with Gasteiger partial charge < -0.3 is 0 Å². The number of halogens is 1. The summed E-state index contributed by atoms with van der Waals surface area (Å²) in [7, 11) is -4.00. The van der Waals surface area contributed by atoms with Crippen molar-refractivity contribution in [3.63, 3.8) is 0 Å². The lowest BCUT2D eigenvalue weighted by atomic mass is 9.95. The highest BCUT2D eigenvalue weighted by atomic mass is 32.2. The average molecular weight is 487 g/mol. The maximum Gasteiger partial charge on any atom is 0.265 e. The number of sulfonamides is 1. The van der Waals surface area contributed by atoms with Gasteiger partial charge in [0.2, 0.25) is 5.91 Å². The summed E-state index contributed by atoms with van der Waals surface area (Å²) in [4.78, 5) is 27.0. The van der Waals surface area contributed by atoms with Gasteiger partial charge in [-0.3, -0.25) is 14.5 Å². The molecule has 2 aromatic rings. The fourth-order valence-corrected chi connectivity index (χ4v) is 5.93. The van der Waals surface area contributed by atoms with E-state index in [1.807, 2.05) is 6.08 Å². The van der Waals surface area contributed by atoms with Crippen LogP contribution in [0.2, 0.25) is 0 Å². The SMILES string of the molecule is Cc1cc(C(=O)NS(=O)(=O)c2ccccc2)ccc1N1C(=O)CSC1C1=CCC(C)(F)C=C1. The van der Waals surface area contributed by atoms with Crippen LogP contribution in [0.4, 0.5) is 10.1 Å². The van der Waals surface area contributed by atoms with E-state index in [0.29, 0.717) is 17.0 Å². The van der Waals surface area contributed by atoms with Gasteiger partial charge in [0.05, 0.1) is 10.6 Å².